The van der Waals surface area contributed by atoms with Crippen molar-refractivity contribution in [3.05, 3.63) is 34.9 Å². The highest BCUT2D eigenvalue weighted by Crippen LogP contribution is 2.28. The number of nitrogens with one attached hydrogen (secondary N) is 2. The second-order valence-electron chi connectivity index (χ2n) is 6.54. The van der Waals surface area contributed by atoms with Gasteiger partial charge in [-0.15, -0.1) is 0 Å². The van der Waals surface area contributed by atoms with Crippen molar-refractivity contribution < 1.29 is 29.1 Å². The Morgan fingerprint density at radius 3 is 2.70 bits per heavy atom. The molecule has 1 aromatic rings. The first-order valence-electron chi connectivity index (χ1n) is 8.63. The predicted octanol–water partition coefficient (Wildman–Crippen LogP) is 0.0406. The number of carbonyl (C=O) groups is 5. The zero-order chi connectivity index (χ0) is 19.7. The maximum absolute atomic E-state index is 12.7. The van der Waals surface area contributed by atoms with Crippen LogP contribution in [0.5, 0.6) is 0 Å². The SMILES string of the molecule is CC[C@@H](NC(=O)c1ccc2c(c1)C(=O)N(C1CCC(=O)NC1=O)C2)C(=O)O. The van der Waals surface area contributed by atoms with Crippen molar-refractivity contribution in [2.45, 2.75) is 44.8 Å². The van der Waals surface area contributed by atoms with Gasteiger partial charge in [0.1, 0.15) is 12.1 Å². The normalized spacial score (nSPS) is 20.1. The number of hydrogen-bond donors (Lipinski definition) is 3. The fourth-order valence-electron chi connectivity index (χ4n) is 3.28. The Hall–Kier alpha value is -3.23. The van der Waals surface area contributed by atoms with Crippen molar-refractivity contribution in [2.75, 3.05) is 0 Å². The Bertz CT molecular complexity index is 849. The number of amides is 4. The first kappa shape index (κ1) is 18.6. The summed E-state index contributed by atoms with van der Waals surface area (Å²) in [6.07, 6.45) is 0.653. The van der Waals surface area contributed by atoms with Crippen LogP contribution in [0.2, 0.25) is 0 Å². The monoisotopic (exact) mass is 373 g/mol. The number of aliphatic carboxylic acids is 1. The molecule has 3 rings (SSSR count). The van der Waals surface area contributed by atoms with Crippen molar-refractivity contribution in [1.82, 2.24) is 15.5 Å². The van der Waals surface area contributed by atoms with Gasteiger partial charge in [-0.3, -0.25) is 24.5 Å². The molecule has 1 aromatic carbocycles. The quantitative estimate of drug-likeness (QED) is 0.624. The zero-order valence-corrected chi connectivity index (χ0v) is 14.7. The lowest BCUT2D eigenvalue weighted by Gasteiger charge is -2.29. The standard InChI is InChI=1S/C18H19N3O6/c1-2-12(18(26)27)19-15(23)9-3-4-10-8-21(17(25)11(10)7-9)13-5-6-14(22)20-16(13)24/h3-4,7,12-13H,2,5-6,8H2,1H3,(H,19,23)(H,26,27)(H,20,22,24)/t12-,13?/m1/s1. The molecule has 9 heteroatoms. The van der Waals surface area contributed by atoms with Gasteiger partial charge in [0.25, 0.3) is 11.8 Å². The van der Waals surface area contributed by atoms with Crippen LogP contribution in [0.25, 0.3) is 0 Å². The molecule has 142 valence electrons. The van der Waals surface area contributed by atoms with Crippen LogP contribution < -0.4 is 10.6 Å². The van der Waals surface area contributed by atoms with Gasteiger partial charge in [-0.25, -0.2) is 4.79 Å². The molecule has 4 amide bonds. The van der Waals surface area contributed by atoms with Gasteiger partial charge in [0.05, 0.1) is 0 Å². The third-order valence-electron chi connectivity index (χ3n) is 4.80. The summed E-state index contributed by atoms with van der Waals surface area (Å²) in [5, 5.41) is 13.7. The maximum Gasteiger partial charge on any atom is 0.326 e. The minimum absolute atomic E-state index is 0.164. The fourth-order valence-corrected chi connectivity index (χ4v) is 3.28. The number of piperidine rings is 1. The van der Waals surface area contributed by atoms with E-state index < -0.39 is 29.9 Å². The highest BCUT2D eigenvalue weighted by atomic mass is 16.4. The Balaban J connectivity index is 1.78. The number of carbonyl (C=O) groups excluding carboxylic acids is 4. The third-order valence-corrected chi connectivity index (χ3v) is 4.80. The molecule has 27 heavy (non-hydrogen) atoms. The average Bonchev–Trinajstić information content (AvgIpc) is 2.95. The maximum atomic E-state index is 12.7. The molecule has 2 atom stereocenters. The highest BCUT2D eigenvalue weighted by Gasteiger charge is 2.39. The number of carboxylic acids is 1. The Morgan fingerprint density at radius 1 is 1.33 bits per heavy atom. The summed E-state index contributed by atoms with van der Waals surface area (Å²) < 4.78 is 0. The summed E-state index contributed by atoms with van der Waals surface area (Å²) in [5.74, 6) is -2.97. The molecule has 2 heterocycles. The molecule has 1 fully saturated rings. The number of hydrogen-bond acceptors (Lipinski definition) is 5. The van der Waals surface area contributed by atoms with Crippen LogP contribution in [0.1, 0.15) is 52.5 Å². The molecular formula is C18H19N3O6. The van der Waals surface area contributed by atoms with E-state index in [2.05, 4.69) is 10.6 Å². The lowest BCUT2D eigenvalue weighted by molar-refractivity contribution is -0.139. The first-order chi connectivity index (χ1) is 12.8. The molecule has 0 aromatic heterocycles. The number of rotatable bonds is 5. The van der Waals surface area contributed by atoms with E-state index in [9.17, 15) is 24.0 Å². The van der Waals surface area contributed by atoms with Gasteiger partial charge in [-0.2, -0.15) is 0 Å². The molecule has 1 saturated heterocycles. The Labute approximate surface area is 154 Å². The van der Waals surface area contributed by atoms with Crippen LogP contribution in [0.3, 0.4) is 0 Å². The van der Waals surface area contributed by atoms with Crippen LogP contribution >= 0.6 is 0 Å². The number of nitrogens with zero attached hydrogens (tertiary/aromatic N) is 1. The number of benzene rings is 1. The Morgan fingerprint density at radius 2 is 2.07 bits per heavy atom. The summed E-state index contributed by atoms with van der Waals surface area (Å²) in [5.41, 5.74) is 1.15. The van der Waals surface area contributed by atoms with Gasteiger partial charge in [-0.1, -0.05) is 13.0 Å². The molecule has 2 aliphatic rings. The van der Waals surface area contributed by atoms with Gasteiger partial charge in [-0.05, 0) is 30.5 Å². The van der Waals surface area contributed by atoms with Gasteiger partial charge in [0, 0.05) is 24.1 Å². The lowest BCUT2D eigenvalue weighted by Crippen LogP contribution is -2.52. The van der Waals surface area contributed by atoms with Crippen LogP contribution in [-0.2, 0) is 20.9 Å². The van der Waals surface area contributed by atoms with Gasteiger partial charge >= 0.3 is 5.97 Å². The molecule has 0 spiro atoms. The summed E-state index contributed by atoms with van der Waals surface area (Å²) in [4.78, 5) is 60.8. The third kappa shape index (κ3) is 3.53. The number of imide groups is 1. The van der Waals surface area contributed by atoms with Gasteiger partial charge < -0.3 is 15.3 Å². The van der Waals surface area contributed by atoms with Crippen molar-refractivity contribution in [1.29, 1.82) is 0 Å². The first-order valence-corrected chi connectivity index (χ1v) is 8.63. The van der Waals surface area contributed by atoms with Crippen LogP contribution in [-0.4, -0.2) is 51.7 Å². The molecule has 0 aliphatic carbocycles. The molecule has 0 saturated carbocycles. The molecule has 3 N–H and O–H groups in total. The van der Waals surface area contributed by atoms with Gasteiger partial charge in [0.2, 0.25) is 11.8 Å². The molecule has 2 aliphatic heterocycles. The van der Waals surface area contributed by atoms with E-state index in [1.807, 2.05) is 0 Å². The van der Waals surface area contributed by atoms with Crippen molar-refractivity contribution in [3.8, 4) is 0 Å². The summed E-state index contributed by atoms with van der Waals surface area (Å²) in [7, 11) is 0. The molecule has 0 radical (unpaired) electrons. The summed E-state index contributed by atoms with van der Waals surface area (Å²) in [6, 6.07) is 2.81. The second kappa shape index (κ2) is 7.18. The van der Waals surface area contributed by atoms with Crippen molar-refractivity contribution in [3.63, 3.8) is 0 Å². The molecule has 9 nitrogen and oxygen atoms in total. The summed E-state index contributed by atoms with van der Waals surface area (Å²) in [6.45, 7) is 1.86. The van der Waals surface area contributed by atoms with E-state index in [1.165, 1.54) is 17.0 Å². The molecule has 0 bridgehead atoms. The van der Waals surface area contributed by atoms with E-state index in [4.69, 9.17) is 5.11 Å². The second-order valence-corrected chi connectivity index (χ2v) is 6.54. The van der Waals surface area contributed by atoms with Crippen molar-refractivity contribution in [2.24, 2.45) is 0 Å². The highest BCUT2D eigenvalue weighted by molar-refractivity contribution is 6.06. The van der Waals surface area contributed by atoms with Crippen LogP contribution in [0.4, 0.5) is 0 Å². The Kier molecular flexibility index (Phi) is 4.93. The predicted molar refractivity (Wildman–Crippen MR) is 91.7 cm³/mol. The van der Waals surface area contributed by atoms with E-state index in [0.717, 1.165) is 0 Å². The van der Waals surface area contributed by atoms with Crippen molar-refractivity contribution >= 4 is 29.6 Å². The smallest absolute Gasteiger partial charge is 0.326 e. The van der Waals surface area contributed by atoms with E-state index >= 15 is 0 Å². The molecule has 1 unspecified atom stereocenters. The topological polar surface area (TPSA) is 133 Å². The largest absolute Gasteiger partial charge is 0.480 e. The fraction of sp³-hybridized carbons (Fsp3) is 0.389. The van der Waals surface area contributed by atoms with E-state index in [-0.39, 0.29) is 43.2 Å². The number of fused-ring (bicyclic) bond motifs is 1. The van der Waals surface area contributed by atoms with Crippen LogP contribution in [0, 0.1) is 0 Å². The number of carboxylic acid groups (broad SMARTS) is 1. The summed E-state index contributed by atoms with van der Waals surface area (Å²) >= 11 is 0. The lowest BCUT2D eigenvalue weighted by atomic mass is 10.0. The average molecular weight is 373 g/mol. The minimum Gasteiger partial charge on any atom is -0.480 e. The van der Waals surface area contributed by atoms with E-state index in [1.54, 1.807) is 13.0 Å². The minimum atomic E-state index is -1.13. The van der Waals surface area contributed by atoms with Gasteiger partial charge in [0.15, 0.2) is 0 Å². The van der Waals surface area contributed by atoms with Crippen LogP contribution in [0.15, 0.2) is 18.2 Å². The van der Waals surface area contributed by atoms with E-state index in [0.29, 0.717) is 11.1 Å². The molecular weight excluding hydrogens is 354 g/mol. The zero-order valence-electron chi connectivity index (χ0n) is 14.7.